The third-order valence-electron chi connectivity index (χ3n) is 9.80. The second-order valence-corrected chi connectivity index (χ2v) is 12.6. The number of nitrogens with zero attached hydrogens (tertiary/aromatic N) is 3. The highest BCUT2D eigenvalue weighted by Crippen LogP contribution is 2.59. The summed E-state index contributed by atoms with van der Waals surface area (Å²) in [6.45, 7) is 13.6. The molecule has 10 nitrogen and oxygen atoms in total. The van der Waals surface area contributed by atoms with E-state index in [9.17, 15) is 24.3 Å². The van der Waals surface area contributed by atoms with Crippen molar-refractivity contribution in [3.05, 3.63) is 61.2 Å². The van der Waals surface area contributed by atoms with E-state index >= 15 is 0 Å². The zero-order chi connectivity index (χ0) is 32.9. The van der Waals surface area contributed by atoms with Crippen LogP contribution in [0.5, 0.6) is 0 Å². The van der Waals surface area contributed by atoms with Crippen molar-refractivity contribution < 1.29 is 33.8 Å². The summed E-state index contributed by atoms with van der Waals surface area (Å²) in [7, 11) is 1.69. The van der Waals surface area contributed by atoms with Crippen molar-refractivity contribution in [3.63, 3.8) is 0 Å². The number of carbonyl (C=O) groups is 4. The molecule has 3 fully saturated rings. The SMILES string of the molecule is C=CCCC(=O)N(C)[C@H](C)[C@H](OC(=O)[C@@H]1[C@@H]2CC[C@]3(O2)[C@H](C(=O)N(CC=C)CCCC)N([C@H](C)CO)C(=O)[C@@H]13)c1ccccc1. The van der Waals surface area contributed by atoms with Gasteiger partial charge in [0.05, 0.1) is 36.6 Å². The largest absolute Gasteiger partial charge is 0.455 e. The molecule has 1 aromatic carbocycles. The maximum Gasteiger partial charge on any atom is 0.313 e. The van der Waals surface area contributed by atoms with E-state index in [0.29, 0.717) is 32.4 Å². The predicted molar refractivity (Wildman–Crippen MR) is 170 cm³/mol. The quantitative estimate of drug-likeness (QED) is 0.221. The Labute approximate surface area is 267 Å². The van der Waals surface area contributed by atoms with E-state index in [-0.39, 0.29) is 30.7 Å². The van der Waals surface area contributed by atoms with Crippen molar-refractivity contribution in [3.8, 4) is 0 Å². The summed E-state index contributed by atoms with van der Waals surface area (Å²) in [6, 6.07) is 7.10. The number of likely N-dealkylation sites (N-methyl/N-ethyl adjacent to an activating group) is 1. The third-order valence-corrected chi connectivity index (χ3v) is 9.80. The van der Waals surface area contributed by atoms with Crippen LogP contribution in [-0.2, 0) is 28.7 Å². The summed E-state index contributed by atoms with van der Waals surface area (Å²) < 4.78 is 12.8. The van der Waals surface area contributed by atoms with Crippen LogP contribution in [0.2, 0.25) is 0 Å². The highest BCUT2D eigenvalue weighted by Gasteiger charge is 2.75. The van der Waals surface area contributed by atoms with Crippen LogP contribution in [0, 0.1) is 11.8 Å². The first kappa shape index (κ1) is 34.4. The van der Waals surface area contributed by atoms with Crippen molar-refractivity contribution in [2.45, 2.75) is 95.2 Å². The summed E-state index contributed by atoms with van der Waals surface area (Å²) in [5, 5.41) is 10.2. The first-order valence-electron chi connectivity index (χ1n) is 16.2. The molecule has 3 saturated heterocycles. The van der Waals surface area contributed by atoms with Gasteiger partial charge in [0.15, 0.2) is 0 Å². The Morgan fingerprint density at radius 2 is 1.91 bits per heavy atom. The predicted octanol–water partition coefficient (Wildman–Crippen LogP) is 3.65. The van der Waals surface area contributed by atoms with Crippen LogP contribution in [0.15, 0.2) is 55.6 Å². The van der Waals surface area contributed by atoms with E-state index < -0.39 is 53.7 Å². The van der Waals surface area contributed by atoms with Crippen LogP contribution < -0.4 is 0 Å². The van der Waals surface area contributed by atoms with Gasteiger partial charge in [-0.2, -0.15) is 0 Å². The number of fused-ring (bicyclic) bond motifs is 1. The Kier molecular flexibility index (Phi) is 11.3. The lowest BCUT2D eigenvalue weighted by Crippen LogP contribution is -2.58. The Balaban J connectivity index is 1.67. The molecule has 4 rings (SSSR count). The molecule has 0 radical (unpaired) electrons. The average molecular weight is 624 g/mol. The lowest BCUT2D eigenvalue weighted by Gasteiger charge is -2.38. The lowest BCUT2D eigenvalue weighted by molar-refractivity contribution is -0.165. The maximum absolute atomic E-state index is 14.3. The summed E-state index contributed by atoms with van der Waals surface area (Å²) >= 11 is 0. The molecule has 10 heteroatoms. The molecule has 0 aromatic heterocycles. The minimum absolute atomic E-state index is 0.102. The van der Waals surface area contributed by atoms with E-state index in [0.717, 1.165) is 18.4 Å². The summed E-state index contributed by atoms with van der Waals surface area (Å²) in [5.41, 5.74) is -0.485. The molecule has 3 aliphatic rings. The van der Waals surface area contributed by atoms with Gasteiger partial charge >= 0.3 is 5.97 Å². The van der Waals surface area contributed by atoms with Gasteiger partial charge in [-0.05, 0) is 45.1 Å². The number of likely N-dealkylation sites (tertiary alicyclic amines) is 1. The van der Waals surface area contributed by atoms with E-state index in [4.69, 9.17) is 9.47 Å². The number of aliphatic hydroxyl groups is 1. The van der Waals surface area contributed by atoms with Crippen molar-refractivity contribution in [2.75, 3.05) is 26.7 Å². The molecular formula is C35H49N3O7. The minimum atomic E-state index is -1.21. The fourth-order valence-corrected chi connectivity index (χ4v) is 7.29. The molecule has 0 unspecified atom stereocenters. The second kappa shape index (κ2) is 14.7. The molecule has 1 N–H and O–H groups in total. The number of aliphatic hydroxyl groups excluding tert-OH is 1. The van der Waals surface area contributed by atoms with Gasteiger partial charge in [-0.3, -0.25) is 19.2 Å². The Hall–Kier alpha value is -3.50. The smallest absolute Gasteiger partial charge is 0.313 e. The Bertz CT molecular complexity index is 1250. The molecule has 45 heavy (non-hydrogen) atoms. The summed E-state index contributed by atoms with van der Waals surface area (Å²) in [5.74, 6) is -3.19. The minimum Gasteiger partial charge on any atom is -0.455 e. The molecule has 1 spiro atoms. The lowest BCUT2D eigenvalue weighted by atomic mass is 9.70. The van der Waals surface area contributed by atoms with Crippen LogP contribution in [0.25, 0.3) is 0 Å². The van der Waals surface area contributed by atoms with Gasteiger partial charge in [-0.25, -0.2) is 0 Å². The number of hydrogen-bond acceptors (Lipinski definition) is 7. The number of carbonyl (C=O) groups excluding carboxylic acids is 4. The first-order valence-corrected chi connectivity index (χ1v) is 16.2. The molecule has 3 amide bonds. The third kappa shape index (κ3) is 6.45. The van der Waals surface area contributed by atoms with E-state index in [1.54, 1.807) is 35.9 Å². The molecule has 8 atom stereocenters. The summed E-state index contributed by atoms with van der Waals surface area (Å²) in [6.07, 6.45) is 5.39. The van der Waals surface area contributed by atoms with Crippen LogP contribution in [0.4, 0.5) is 0 Å². The van der Waals surface area contributed by atoms with E-state index in [1.165, 1.54) is 4.90 Å². The van der Waals surface area contributed by atoms with Gasteiger partial charge in [0, 0.05) is 26.6 Å². The monoisotopic (exact) mass is 623 g/mol. The van der Waals surface area contributed by atoms with Crippen molar-refractivity contribution in [2.24, 2.45) is 11.8 Å². The van der Waals surface area contributed by atoms with Gasteiger partial charge in [0.1, 0.15) is 17.7 Å². The molecule has 3 aliphatic heterocycles. The molecule has 0 saturated carbocycles. The fraction of sp³-hybridized carbons (Fsp3) is 0.600. The molecule has 246 valence electrons. The first-order chi connectivity index (χ1) is 21.6. The van der Waals surface area contributed by atoms with Crippen LogP contribution in [0.1, 0.15) is 71.0 Å². The normalized spacial score (nSPS) is 27.0. The fourth-order valence-electron chi connectivity index (χ4n) is 7.29. The number of esters is 1. The number of allylic oxidation sites excluding steroid dienone is 1. The highest BCUT2D eigenvalue weighted by atomic mass is 16.6. The Morgan fingerprint density at radius 3 is 2.53 bits per heavy atom. The second-order valence-electron chi connectivity index (χ2n) is 12.6. The Morgan fingerprint density at radius 1 is 1.20 bits per heavy atom. The number of unbranched alkanes of at least 4 members (excludes halogenated alkanes) is 1. The van der Waals surface area contributed by atoms with Gasteiger partial charge in [0.2, 0.25) is 17.7 Å². The van der Waals surface area contributed by atoms with Gasteiger partial charge in [0.25, 0.3) is 0 Å². The molecule has 0 aliphatic carbocycles. The highest BCUT2D eigenvalue weighted by molar-refractivity contribution is 5.98. The zero-order valence-corrected chi connectivity index (χ0v) is 27.1. The zero-order valence-electron chi connectivity index (χ0n) is 27.1. The number of hydrogen-bond donors (Lipinski definition) is 1. The van der Waals surface area contributed by atoms with Crippen molar-refractivity contribution >= 4 is 23.7 Å². The van der Waals surface area contributed by atoms with Crippen LogP contribution in [-0.4, -0.2) is 100 Å². The van der Waals surface area contributed by atoms with Crippen LogP contribution >= 0.6 is 0 Å². The van der Waals surface area contributed by atoms with Crippen molar-refractivity contribution in [1.29, 1.82) is 0 Å². The van der Waals surface area contributed by atoms with Gasteiger partial charge in [-0.15, -0.1) is 13.2 Å². The number of ether oxygens (including phenoxy) is 2. The number of amides is 3. The van der Waals surface area contributed by atoms with Crippen molar-refractivity contribution in [1.82, 2.24) is 14.7 Å². The topological polar surface area (TPSA) is 117 Å². The van der Waals surface area contributed by atoms with Gasteiger partial charge < -0.3 is 29.3 Å². The maximum atomic E-state index is 14.3. The average Bonchev–Trinajstić information content (AvgIpc) is 3.70. The molecule has 2 bridgehead atoms. The van der Waals surface area contributed by atoms with Gasteiger partial charge in [-0.1, -0.05) is 55.8 Å². The summed E-state index contributed by atoms with van der Waals surface area (Å²) in [4.78, 5) is 60.4. The van der Waals surface area contributed by atoms with E-state index in [2.05, 4.69) is 13.2 Å². The molecule has 1 aromatic rings. The van der Waals surface area contributed by atoms with E-state index in [1.807, 2.05) is 44.2 Å². The number of rotatable bonds is 16. The number of benzene rings is 1. The molecule has 3 heterocycles. The van der Waals surface area contributed by atoms with Crippen LogP contribution in [0.3, 0.4) is 0 Å². The standard InChI is InChI=1S/C35H49N3O7/c1-7-10-17-27(40)36(6)24(5)30(25-15-13-12-14-16-25)44-34(43)28-26-18-19-35(45-26)29(28)32(41)38(23(4)22-39)31(35)33(42)37(20-9-3)21-11-8-2/h7,9,12-16,23-24,26,28-31,39H,1,3,8,10-11,17-22H2,2,4-6H3/t23-,24-,26+,28-,29-,30+,31+,35-/m1/s1. The molecular weight excluding hydrogens is 574 g/mol.